The number of anilines is 1. The first-order valence-corrected chi connectivity index (χ1v) is 12.0. The van der Waals surface area contributed by atoms with Gasteiger partial charge in [-0.1, -0.05) is 0 Å². The molecule has 0 bridgehead atoms. The van der Waals surface area contributed by atoms with Crippen LogP contribution in [0.15, 0.2) is 34.0 Å². The monoisotopic (exact) mass is 545 g/mol. The Morgan fingerprint density at radius 1 is 1.21 bits per heavy atom. The third kappa shape index (κ3) is 5.86. The molecule has 1 unspecified atom stereocenters. The second-order valence-corrected chi connectivity index (χ2v) is 9.68. The zero-order valence-electron chi connectivity index (χ0n) is 17.3. The van der Waals surface area contributed by atoms with E-state index >= 15 is 0 Å². The standard InChI is InChI=1S/C21H31N5S2.HI/c1-16(26-11-7-19-17(15-26)8-13-27-19)14-23-21(22-2)24-18-5-9-25(10-6-18)20-4-3-12-28-20;/h3-4,8,12-13,16,18H,5-7,9-11,14-15H2,1-2H3,(H2,22,23,24);1H. The first-order valence-electron chi connectivity index (χ1n) is 10.3. The lowest BCUT2D eigenvalue weighted by molar-refractivity contribution is 0.192. The Hall–Kier alpha value is -0.840. The Balaban J connectivity index is 0.00000240. The van der Waals surface area contributed by atoms with Gasteiger partial charge in [0.1, 0.15) is 0 Å². The lowest BCUT2D eigenvalue weighted by Gasteiger charge is -2.35. The number of hydrogen-bond donors (Lipinski definition) is 2. The van der Waals surface area contributed by atoms with Gasteiger partial charge in [-0.25, -0.2) is 0 Å². The molecular weight excluding hydrogens is 513 g/mol. The van der Waals surface area contributed by atoms with E-state index in [1.807, 2.05) is 29.7 Å². The minimum absolute atomic E-state index is 0. The Morgan fingerprint density at radius 3 is 2.76 bits per heavy atom. The van der Waals surface area contributed by atoms with Crippen LogP contribution in [-0.4, -0.2) is 56.2 Å². The van der Waals surface area contributed by atoms with Gasteiger partial charge in [0.15, 0.2) is 5.96 Å². The van der Waals surface area contributed by atoms with Gasteiger partial charge < -0.3 is 15.5 Å². The largest absolute Gasteiger partial charge is 0.363 e. The minimum atomic E-state index is 0. The van der Waals surface area contributed by atoms with Crippen molar-refractivity contribution in [3.8, 4) is 0 Å². The van der Waals surface area contributed by atoms with Crippen molar-refractivity contribution in [3.63, 3.8) is 0 Å². The third-order valence-electron chi connectivity index (χ3n) is 5.90. The van der Waals surface area contributed by atoms with E-state index in [2.05, 4.69) is 61.3 Å². The van der Waals surface area contributed by atoms with E-state index in [9.17, 15) is 0 Å². The number of halogens is 1. The quantitative estimate of drug-likeness (QED) is 0.339. The Bertz CT molecular complexity index is 768. The highest BCUT2D eigenvalue weighted by Gasteiger charge is 2.23. The molecule has 2 aromatic rings. The molecule has 8 heteroatoms. The van der Waals surface area contributed by atoms with Crippen LogP contribution < -0.4 is 15.5 Å². The van der Waals surface area contributed by atoms with E-state index in [-0.39, 0.29) is 24.0 Å². The van der Waals surface area contributed by atoms with Gasteiger partial charge in [-0.15, -0.1) is 46.7 Å². The number of nitrogens with one attached hydrogen (secondary N) is 2. The van der Waals surface area contributed by atoms with Crippen molar-refractivity contribution in [1.29, 1.82) is 0 Å². The summed E-state index contributed by atoms with van der Waals surface area (Å²) < 4.78 is 0. The van der Waals surface area contributed by atoms with Gasteiger partial charge in [-0.2, -0.15) is 0 Å². The predicted octanol–water partition coefficient (Wildman–Crippen LogP) is 4.01. The topological polar surface area (TPSA) is 42.9 Å². The molecule has 0 aliphatic carbocycles. The van der Waals surface area contributed by atoms with Crippen LogP contribution in [0.25, 0.3) is 0 Å². The number of thiophene rings is 2. The highest BCUT2D eigenvalue weighted by Crippen LogP contribution is 2.26. The van der Waals surface area contributed by atoms with E-state index in [1.165, 1.54) is 17.0 Å². The summed E-state index contributed by atoms with van der Waals surface area (Å²) in [5.74, 6) is 0.939. The van der Waals surface area contributed by atoms with Crippen LogP contribution in [0.4, 0.5) is 5.00 Å². The van der Waals surface area contributed by atoms with Gasteiger partial charge in [-0.05, 0) is 60.7 Å². The number of piperidine rings is 1. The highest BCUT2D eigenvalue weighted by atomic mass is 127. The summed E-state index contributed by atoms with van der Waals surface area (Å²) in [6.07, 6.45) is 3.50. The van der Waals surface area contributed by atoms with Crippen molar-refractivity contribution in [1.82, 2.24) is 15.5 Å². The second-order valence-electron chi connectivity index (χ2n) is 7.75. The molecule has 160 valence electrons. The number of rotatable bonds is 5. The van der Waals surface area contributed by atoms with Gasteiger partial charge in [0.25, 0.3) is 0 Å². The summed E-state index contributed by atoms with van der Waals surface area (Å²) in [5.41, 5.74) is 1.52. The average Bonchev–Trinajstić information content (AvgIpc) is 3.42. The van der Waals surface area contributed by atoms with E-state index < -0.39 is 0 Å². The molecule has 2 N–H and O–H groups in total. The van der Waals surface area contributed by atoms with Crippen LogP contribution in [0.5, 0.6) is 0 Å². The van der Waals surface area contributed by atoms with Gasteiger partial charge in [0, 0.05) is 56.7 Å². The lowest BCUT2D eigenvalue weighted by Crippen LogP contribution is -2.51. The minimum Gasteiger partial charge on any atom is -0.363 e. The molecule has 2 aromatic heterocycles. The fraction of sp³-hybridized carbons (Fsp3) is 0.571. The number of nitrogens with zero attached hydrogens (tertiary/aromatic N) is 3. The number of fused-ring (bicyclic) bond motifs is 1. The molecule has 29 heavy (non-hydrogen) atoms. The Morgan fingerprint density at radius 2 is 2.03 bits per heavy atom. The maximum Gasteiger partial charge on any atom is 0.191 e. The Labute approximate surface area is 199 Å². The van der Waals surface area contributed by atoms with E-state index in [0.717, 1.165) is 51.5 Å². The summed E-state index contributed by atoms with van der Waals surface area (Å²) >= 11 is 3.74. The fourth-order valence-corrected chi connectivity index (χ4v) is 5.78. The van der Waals surface area contributed by atoms with E-state index in [0.29, 0.717) is 12.1 Å². The second kappa shape index (κ2) is 11.0. The number of hydrogen-bond acceptors (Lipinski definition) is 5. The molecular formula is C21H32IN5S2. The summed E-state index contributed by atoms with van der Waals surface area (Å²) in [6.45, 7) is 7.70. The molecule has 2 aliphatic heterocycles. The molecule has 1 fully saturated rings. The zero-order chi connectivity index (χ0) is 19.3. The summed E-state index contributed by atoms with van der Waals surface area (Å²) in [5, 5.41) is 13.0. The number of aliphatic imine (C=N–C) groups is 1. The van der Waals surface area contributed by atoms with E-state index in [4.69, 9.17) is 0 Å². The molecule has 0 saturated carbocycles. The van der Waals surface area contributed by atoms with Crippen molar-refractivity contribution in [3.05, 3.63) is 39.4 Å². The van der Waals surface area contributed by atoms with Crippen molar-refractivity contribution >= 4 is 57.6 Å². The summed E-state index contributed by atoms with van der Waals surface area (Å²) in [6, 6.07) is 7.64. The number of guanidine groups is 1. The molecule has 0 spiro atoms. The van der Waals surface area contributed by atoms with Crippen LogP contribution in [0.3, 0.4) is 0 Å². The molecule has 5 nitrogen and oxygen atoms in total. The average molecular weight is 546 g/mol. The predicted molar refractivity (Wildman–Crippen MR) is 137 cm³/mol. The normalized spacial score (nSPS) is 19.4. The van der Waals surface area contributed by atoms with Crippen LogP contribution >= 0.6 is 46.7 Å². The Kier molecular flexibility index (Phi) is 8.64. The molecule has 2 aliphatic rings. The third-order valence-corrected chi connectivity index (χ3v) is 7.85. The van der Waals surface area contributed by atoms with Crippen molar-refractivity contribution < 1.29 is 0 Å². The van der Waals surface area contributed by atoms with Crippen molar-refractivity contribution in [2.75, 3.05) is 38.1 Å². The van der Waals surface area contributed by atoms with Gasteiger partial charge in [0.2, 0.25) is 0 Å². The maximum absolute atomic E-state index is 4.46. The highest BCUT2D eigenvalue weighted by molar-refractivity contribution is 14.0. The summed E-state index contributed by atoms with van der Waals surface area (Å²) in [7, 11) is 1.87. The van der Waals surface area contributed by atoms with Crippen LogP contribution in [0, 0.1) is 0 Å². The first-order chi connectivity index (χ1) is 13.7. The SMILES string of the molecule is CN=C(NCC(C)N1CCc2sccc2C1)NC1CCN(c2cccs2)CC1.I. The van der Waals surface area contributed by atoms with Crippen molar-refractivity contribution in [2.24, 2.45) is 4.99 Å². The molecule has 1 atom stereocenters. The molecule has 0 aromatic carbocycles. The van der Waals surface area contributed by atoms with Crippen LogP contribution in [0.2, 0.25) is 0 Å². The molecule has 4 heterocycles. The lowest BCUT2D eigenvalue weighted by atomic mass is 10.1. The first kappa shape index (κ1) is 22.8. The van der Waals surface area contributed by atoms with Crippen LogP contribution in [-0.2, 0) is 13.0 Å². The maximum atomic E-state index is 4.46. The van der Waals surface area contributed by atoms with E-state index in [1.54, 1.807) is 4.88 Å². The molecule has 0 radical (unpaired) electrons. The van der Waals surface area contributed by atoms with Gasteiger partial charge in [0.05, 0.1) is 5.00 Å². The fourth-order valence-electron chi connectivity index (χ4n) is 4.10. The van der Waals surface area contributed by atoms with Gasteiger partial charge in [-0.3, -0.25) is 9.89 Å². The molecule has 4 rings (SSSR count). The molecule has 1 saturated heterocycles. The molecule has 0 amide bonds. The van der Waals surface area contributed by atoms with Gasteiger partial charge >= 0.3 is 0 Å². The van der Waals surface area contributed by atoms with Crippen molar-refractivity contribution in [2.45, 2.75) is 44.8 Å². The smallest absolute Gasteiger partial charge is 0.191 e. The summed E-state index contributed by atoms with van der Waals surface area (Å²) in [4.78, 5) is 11.1. The van der Waals surface area contributed by atoms with Crippen LogP contribution in [0.1, 0.15) is 30.2 Å². The zero-order valence-corrected chi connectivity index (χ0v) is 21.2.